The van der Waals surface area contributed by atoms with Gasteiger partial charge < -0.3 is 5.11 Å². The number of pyridine rings is 2. The third-order valence-electron chi connectivity index (χ3n) is 2.63. The van der Waals surface area contributed by atoms with Crippen LogP contribution in [0.15, 0.2) is 36.7 Å². The van der Waals surface area contributed by atoms with E-state index in [-0.39, 0.29) is 11.4 Å². The van der Waals surface area contributed by atoms with Crippen molar-refractivity contribution in [2.75, 3.05) is 6.26 Å². The number of hydrogen-bond acceptors (Lipinski definition) is 6. The maximum Gasteiger partial charge on any atom is 0.267 e. The number of aliphatic hydroxyl groups is 1. The van der Waals surface area contributed by atoms with E-state index in [0.29, 0.717) is 0 Å². The van der Waals surface area contributed by atoms with Gasteiger partial charge >= 0.3 is 0 Å². The van der Waals surface area contributed by atoms with Gasteiger partial charge in [-0.15, -0.1) is 0 Å². The summed E-state index contributed by atoms with van der Waals surface area (Å²) in [6, 6.07) is 4.44. The van der Waals surface area contributed by atoms with Crippen LogP contribution >= 0.6 is 0 Å². The molecule has 0 spiro atoms. The molecular formula is C13H12F2N2O4S. The van der Waals surface area contributed by atoms with E-state index < -0.39 is 34.0 Å². The van der Waals surface area contributed by atoms with Gasteiger partial charge in [0, 0.05) is 5.69 Å². The van der Waals surface area contributed by atoms with E-state index in [0.717, 1.165) is 36.8 Å². The van der Waals surface area contributed by atoms with E-state index in [1.807, 2.05) is 0 Å². The lowest BCUT2D eigenvalue weighted by molar-refractivity contribution is -0.144. The van der Waals surface area contributed by atoms with Gasteiger partial charge in [-0.2, -0.15) is 8.42 Å². The van der Waals surface area contributed by atoms with Crippen molar-refractivity contribution in [3.05, 3.63) is 59.7 Å². The van der Waals surface area contributed by atoms with Crippen LogP contribution in [0, 0.1) is 11.6 Å². The predicted octanol–water partition coefficient (Wildman–Crippen LogP) is 1.12. The molecule has 0 aromatic carbocycles. The monoisotopic (exact) mass is 330 g/mol. The van der Waals surface area contributed by atoms with Crippen LogP contribution < -0.4 is 0 Å². The molecule has 118 valence electrons. The van der Waals surface area contributed by atoms with Crippen LogP contribution in [0.1, 0.15) is 11.4 Å². The first-order valence-corrected chi connectivity index (χ1v) is 7.85. The maximum absolute atomic E-state index is 12.9. The molecule has 0 radical (unpaired) electrons. The van der Waals surface area contributed by atoms with E-state index in [4.69, 9.17) is 4.18 Å². The van der Waals surface area contributed by atoms with Crippen LogP contribution in [0.25, 0.3) is 0 Å². The molecule has 2 aromatic rings. The van der Waals surface area contributed by atoms with Crippen LogP contribution in [-0.4, -0.2) is 29.7 Å². The van der Waals surface area contributed by atoms with Crippen molar-refractivity contribution in [3.63, 3.8) is 0 Å². The van der Waals surface area contributed by atoms with E-state index >= 15 is 0 Å². The molecule has 0 amide bonds. The number of rotatable bonds is 5. The molecule has 2 rings (SSSR count). The molecular weight excluding hydrogens is 318 g/mol. The lowest BCUT2D eigenvalue weighted by Gasteiger charge is -2.25. The molecule has 0 aliphatic carbocycles. The molecule has 0 saturated carbocycles. The Labute approximate surface area is 125 Å². The average Bonchev–Trinajstić information content (AvgIpc) is 2.40. The summed E-state index contributed by atoms with van der Waals surface area (Å²) in [6.07, 6.45) is 2.05. The smallest absolute Gasteiger partial charge is 0.267 e. The van der Waals surface area contributed by atoms with Gasteiger partial charge in [0.05, 0.1) is 25.1 Å². The Bertz CT molecular complexity index is 751. The Balaban J connectivity index is 2.40. The highest BCUT2D eigenvalue weighted by Crippen LogP contribution is 2.27. The third kappa shape index (κ3) is 4.26. The SMILES string of the molecule is CS(=O)(=O)OC(O)(Cc1ccc(F)cn1)c1ccc(F)cn1. The highest BCUT2D eigenvalue weighted by atomic mass is 32.2. The van der Waals surface area contributed by atoms with Crippen molar-refractivity contribution in [1.29, 1.82) is 0 Å². The second kappa shape index (κ2) is 6.03. The molecule has 2 aromatic heterocycles. The Morgan fingerprint density at radius 2 is 1.73 bits per heavy atom. The van der Waals surface area contributed by atoms with Crippen LogP contribution in [0.2, 0.25) is 0 Å². The lowest BCUT2D eigenvalue weighted by atomic mass is 10.1. The lowest BCUT2D eigenvalue weighted by Crippen LogP contribution is -2.35. The largest absolute Gasteiger partial charge is 0.359 e. The first kappa shape index (κ1) is 16.4. The molecule has 0 saturated heterocycles. The fourth-order valence-corrected chi connectivity index (χ4v) is 2.42. The Morgan fingerprint density at radius 1 is 1.14 bits per heavy atom. The minimum absolute atomic E-state index is 0.165. The quantitative estimate of drug-likeness (QED) is 0.653. The summed E-state index contributed by atoms with van der Waals surface area (Å²) < 4.78 is 53.2. The molecule has 0 fully saturated rings. The maximum atomic E-state index is 12.9. The van der Waals surface area contributed by atoms with Crippen molar-refractivity contribution in [1.82, 2.24) is 9.97 Å². The van der Waals surface area contributed by atoms with Crippen LogP contribution in [0.3, 0.4) is 0 Å². The summed E-state index contributed by atoms with van der Waals surface area (Å²) in [4.78, 5) is 7.36. The molecule has 0 aliphatic heterocycles. The van der Waals surface area contributed by atoms with Crippen molar-refractivity contribution in [3.8, 4) is 0 Å². The standard InChI is InChI=1S/C13H12F2N2O4S/c1-22(19,20)21-13(18,12-5-3-10(15)8-17-12)6-11-4-2-9(14)7-16-11/h2-5,7-8,18H,6H2,1H3. The van der Waals surface area contributed by atoms with Gasteiger partial charge in [0.15, 0.2) is 0 Å². The van der Waals surface area contributed by atoms with Crippen LogP contribution in [-0.2, 0) is 26.5 Å². The van der Waals surface area contributed by atoms with E-state index in [2.05, 4.69) is 9.97 Å². The summed E-state index contributed by atoms with van der Waals surface area (Å²) in [6.45, 7) is 0. The molecule has 1 N–H and O–H groups in total. The van der Waals surface area contributed by atoms with Gasteiger partial charge in [0.25, 0.3) is 10.1 Å². The fourth-order valence-electron chi connectivity index (χ4n) is 1.78. The second-order valence-corrected chi connectivity index (χ2v) is 6.15. The van der Waals surface area contributed by atoms with Gasteiger partial charge in [0.1, 0.15) is 17.3 Å². The van der Waals surface area contributed by atoms with Crippen molar-refractivity contribution in [2.24, 2.45) is 0 Å². The van der Waals surface area contributed by atoms with Gasteiger partial charge in [-0.3, -0.25) is 9.97 Å². The zero-order chi connectivity index (χ0) is 16.4. The average molecular weight is 330 g/mol. The van der Waals surface area contributed by atoms with Gasteiger partial charge in [-0.1, -0.05) is 0 Å². The second-order valence-electron chi connectivity index (χ2n) is 4.58. The predicted molar refractivity (Wildman–Crippen MR) is 71.9 cm³/mol. The first-order valence-electron chi connectivity index (χ1n) is 6.03. The molecule has 2 heterocycles. The minimum atomic E-state index is -4.05. The number of halogens is 2. The summed E-state index contributed by atoms with van der Waals surface area (Å²) in [5.74, 6) is -3.63. The summed E-state index contributed by atoms with van der Waals surface area (Å²) >= 11 is 0. The van der Waals surface area contributed by atoms with Crippen LogP contribution in [0.5, 0.6) is 0 Å². The summed E-state index contributed by atoms with van der Waals surface area (Å²) in [5.41, 5.74) is -0.0517. The molecule has 0 bridgehead atoms. The Morgan fingerprint density at radius 3 is 2.18 bits per heavy atom. The molecule has 0 aliphatic rings. The van der Waals surface area contributed by atoms with E-state index in [9.17, 15) is 22.3 Å². The van der Waals surface area contributed by atoms with Crippen LogP contribution in [0.4, 0.5) is 8.78 Å². The summed E-state index contributed by atoms with van der Waals surface area (Å²) in [7, 11) is -4.05. The van der Waals surface area contributed by atoms with E-state index in [1.165, 1.54) is 6.07 Å². The zero-order valence-corrected chi connectivity index (χ0v) is 12.2. The third-order valence-corrected chi connectivity index (χ3v) is 3.20. The van der Waals surface area contributed by atoms with Crippen molar-refractivity contribution < 1.29 is 26.5 Å². The molecule has 22 heavy (non-hydrogen) atoms. The molecule has 9 heteroatoms. The normalized spacial score (nSPS) is 14.5. The highest BCUT2D eigenvalue weighted by Gasteiger charge is 2.37. The topological polar surface area (TPSA) is 89.4 Å². The Kier molecular flexibility index (Phi) is 4.50. The highest BCUT2D eigenvalue weighted by molar-refractivity contribution is 7.86. The van der Waals surface area contributed by atoms with E-state index in [1.54, 1.807) is 0 Å². The molecule has 1 unspecified atom stereocenters. The number of nitrogens with zero attached hydrogens (tertiary/aromatic N) is 2. The molecule has 6 nitrogen and oxygen atoms in total. The summed E-state index contributed by atoms with van der Waals surface area (Å²) in [5, 5.41) is 10.5. The fraction of sp³-hybridized carbons (Fsp3) is 0.231. The van der Waals surface area contributed by atoms with Crippen molar-refractivity contribution in [2.45, 2.75) is 12.2 Å². The van der Waals surface area contributed by atoms with Gasteiger partial charge in [-0.25, -0.2) is 13.0 Å². The van der Waals surface area contributed by atoms with Gasteiger partial charge in [-0.05, 0) is 24.3 Å². The van der Waals surface area contributed by atoms with Gasteiger partial charge in [0.2, 0.25) is 5.79 Å². The number of hydrogen-bond donors (Lipinski definition) is 1. The Hall–Kier alpha value is -1.97. The van der Waals surface area contributed by atoms with Crippen molar-refractivity contribution >= 4 is 10.1 Å². The molecule has 1 atom stereocenters. The minimum Gasteiger partial charge on any atom is -0.359 e. The first-order chi connectivity index (χ1) is 10.2. The zero-order valence-electron chi connectivity index (χ0n) is 11.4. The number of aromatic nitrogens is 2.